The van der Waals surface area contributed by atoms with Crippen LogP contribution in [0.4, 0.5) is 0 Å². The van der Waals surface area contributed by atoms with Gasteiger partial charge in [-0.1, -0.05) is 17.7 Å². The van der Waals surface area contributed by atoms with Crippen LogP contribution in [0.3, 0.4) is 0 Å². The molecule has 1 aromatic heterocycles. The first-order valence-electron chi connectivity index (χ1n) is 4.64. The summed E-state index contributed by atoms with van der Waals surface area (Å²) >= 11 is 1.52. The summed E-state index contributed by atoms with van der Waals surface area (Å²) in [6.07, 6.45) is 0. The fourth-order valence-electron chi connectivity index (χ4n) is 1.42. The Morgan fingerprint density at radius 1 is 1.33 bits per heavy atom. The fourth-order valence-corrected chi connectivity index (χ4v) is 2.24. The van der Waals surface area contributed by atoms with Gasteiger partial charge in [0.05, 0.1) is 0 Å². The van der Waals surface area contributed by atoms with E-state index in [1.54, 1.807) is 5.38 Å². The summed E-state index contributed by atoms with van der Waals surface area (Å²) in [6, 6.07) is 8.32. The third kappa shape index (κ3) is 1.90. The molecule has 0 unspecified atom stereocenters. The van der Waals surface area contributed by atoms with E-state index in [-0.39, 0.29) is 0 Å². The molecule has 1 aromatic carbocycles. The second-order valence-corrected chi connectivity index (χ2v) is 4.33. The van der Waals surface area contributed by atoms with Crippen molar-refractivity contribution in [1.29, 1.82) is 5.26 Å². The van der Waals surface area contributed by atoms with Crippen molar-refractivity contribution < 1.29 is 0 Å². The van der Waals surface area contributed by atoms with Crippen LogP contribution in [0.2, 0.25) is 0 Å². The monoisotopic (exact) mass is 214 g/mol. The second kappa shape index (κ2) is 3.84. The predicted molar refractivity (Wildman–Crippen MR) is 61.7 cm³/mol. The Labute approximate surface area is 92.8 Å². The highest BCUT2D eigenvalue weighted by atomic mass is 32.1. The first-order valence-corrected chi connectivity index (χ1v) is 5.52. The highest BCUT2D eigenvalue weighted by Gasteiger charge is 2.06. The van der Waals surface area contributed by atoms with E-state index in [0.717, 1.165) is 10.6 Å². The number of thiazole rings is 1. The van der Waals surface area contributed by atoms with Gasteiger partial charge in [0.25, 0.3) is 0 Å². The lowest BCUT2D eigenvalue weighted by Crippen LogP contribution is -1.84. The number of nitrogens with zero attached hydrogens (tertiary/aromatic N) is 2. The Kier molecular flexibility index (Phi) is 2.53. The number of rotatable bonds is 1. The van der Waals surface area contributed by atoms with E-state index in [9.17, 15) is 0 Å². The Balaban J connectivity index is 2.54. The zero-order valence-corrected chi connectivity index (χ0v) is 9.43. The van der Waals surface area contributed by atoms with Crippen LogP contribution in [0.25, 0.3) is 10.6 Å². The van der Waals surface area contributed by atoms with Crippen LogP contribution in [0.15, 0.2) is 23.6 Å². The quantitative estimate of drug-likeness (QED) is 0.730. The molecular weight excluding hydrogens is 204 g/mol. The lowest BCUT2D eigenvalue weighted by atomic mass is 10.1. The number of aryl methyl sites for hydroxylation is 2. The van der Waals surface area contributed by atoms with Crippen molar-refractivity contribution in [2.75, 3.05) is 0 Å². The number of hydrogen-bond donors (Lipinski definition) is 0. The summed E-state index contributed by atoms with van der Waals surface area (Å²) in [4.78, 5) is 4.26. The van der Waals surface area contributed by atoms with Crippen molar-refractivity contribution in [3.8, 4) is 16.6 Å². The second-order valence-electron chi connectivity index (χ2n) is 3.47. The molecule has 0 saturated heterocycles. The van der Waals surface area contributed by atoms with Gasteiger partial charge in [0.1, 0.15) is 11.1 Å². The summed E-state index contributed by atoms with van der Waals surface area (Å²) in [7, 11) is 0. The fraction of sp³-hybridized carbons (Fsp3) is 0.167. The number of nitriles is 1. The van der Waals surface area contributed by atoms with Gasteiger partial charge in [-0.25, -0.2) is 4.98 Å². The molecule has 2 rings (SSSR count). The molecule has 2 aromatic rings. The predicted octanol–water partition coefficient (Wildman–Crippen LogP) is 3.30. The van der Waals surface area contributed by atoms with Crippen molar-refractivity contribution >= 4 is 11.3 Å². The Hall–Kier alpha value is -1.66. The van der Waals surface area contributed by atoms with E-state index >= 15 is 0 Å². The van der Waals surface area contributed by atoms with E-state index in [4.69, 9.17) is 5.26 Å². The normalized spacial score (nSPS) is 9.93. The number of benzene rings is 1. The Bertz CT molecular complexity index is 535. The molecule has 74 valence electrons. The molecule has 1 heterocycles. The smallest absolute Gasteiger partial charge is 0.152 e. The van der Waals surface area contributed by atoms with E-state index in [1.165, 1.54) is 22.5 Å². The molecule has 0 N–H and O–H groups in total. The van der Waals surface area contributed by atoms with Gasteiger partial charge in [0, 0.05) is 10.9 Å². The topological polar surface area (TPSA) is 36.7 Å². The molecule has 0 amide bonds. The van der Waals surface area contributed by atoms with Crippen LogP contribution in [0.5, 0.6) is 0 Å². The lowest BCUT2D eigenvalue weighted by molar-refractivity contribution is 1.31. The van der Waals surface area contributed by atoms with Gasteiger partial charge in [-0.3, -0.25) is 0 Å². The maximum atomic E-state index is 8.72. The average molecular weight is 214 g/mol. The maximum Gasteiger partial charge on any atom is 0.152 e. The van der Waals surface area contributed by atoms with Crippen LogP contribution >= 0.6 is 11.3 Å². The minimum absolute atomic E-state index is 0.496. The maximum absolute atomic E-state index is 8.72. The van der Waals surface area contributed by atoms with Crippen molar-refractivity contribution in [3.63, 3.8) is 0 Å². The average Bonchev–Trinajstić information content (AvgIpc) is 2.70. The SMILES string of the molecule is Cc1ccc(C)c(-c2nc(C#N)cs2)c1. The highest BCUT2D eigenvalue weighted by molar-refractivity contribution is 7.13. The van der Waals surface area contributed by atoms with E-state index < -0.39 is 0 Å². The van der Waals surface area contributed by atoms with E-state index in [2.05, 4.69) is 43.1 Å². The first kappa shape index (κ1) is 9.88. The van der Waals surface area contributed by atoms with Crippen LogP contribution in [-0.2, 0) is 0 Å². The zero-order chi connectivity index (χ0) is 10.8. The number of aromatic nitrogens is 1. The molecule has 2 nitrogen and oxygen atoms in total. The van der Waals surface area contributed by atoms with Crippen molar-refractivity contribution in [3.05, 3.63) is 40.4 Å². The van der Waals surface area contributed by atoms with Gasteiger partial charge < -0.3 is 0 Å². The first-order chi connectivity index (χ1) is 7.20. The zero-order valence-electron chi connectivity index (χ0n) is 8.61. The Morgan fingerprint density at radius 3 is 2.80 bits per heavy atom. The molecule has 0 radical (unpaired) electrons. The molecule has 0 saturated carbocycles. The number of hydrogen-bond acceptors (Lipinski definition) is 3. The summed E-state index contributed by atoms with van der Waals surface area (Å²) in [5.41, 5.74) is 4.03. The minimum Gasteiger partial charge on any atom is -0.225 e. The van der Waals surface area contributed by atoms with Gasteiger partial charge in [0.2, 0.25) is 0 Å². The molecule has 0 bridgehead atoms. The van der Waals surface area contributed by atoms with E-state index in [0.29, 0.717) is 5.69 Å². The molecular formula is C12H10N2S. The van der Waals surface area contributed by atoms with Crippen molar-refractivity contribution in [2.24, 2.45) is 0 Å². The van der Waals surface area contributed by atoms with E-state index in [1.807, 2.05) is 0 Å². The summed E-state index contributed by atoms with van der Waals surface area (Å²) in [6.45, 7) is 4.12. The van der Waals surface area contributed by atoms with Gasteiger partial charge >= 0.3 is 0 Å². The van der Waals surface area contributed by atoms with Crippen LogP contribution in [0.1, 0.15) is 16.8 Å². The Morgan fingerprint density at radius 2 is 2.13 bits per heavy atom. The lowest BCUT2D eigenvalue weighted by Gasteiger charge is -2.02. The summed E-state index contributed by atoms with van der Waals surface area (Å²) < 4.78 is 0. The van der Waals surface area contributed by atoms with Gasteiger partial charge in [-0.15, -0.1) is 11.3 Å². The van der Waals surface area contributed by atoms with Gasteiger partial charge in [0.15, 0.2) is 5.69 Å². The van der Waals surface area contributed by atoms with Gasteiger partial charge in [-0.2, -0.15) is 5.26 Å². The highest BCUT2D eigenvalue weighted by Crippen LogP contribution is 2.27. The summed E-state index contributed by atoms with van der Waals surface area (Å²) in [5, 5.41) is 11.4. The minimum atomic E-state index is 0.496. The molecule has 3 heteroatoms. The molecule has 0 spiro atoms. The molecule has 0 aliphatic heterocycles. The largest absolute Gasteiger partial charge is 0.225 e. The molecule has 0 aliphatic rings. The molecule has 15 heavy (non-hydrogen) atoms. The summed E-state index contributed by atoms with van der Waals surface area (Å²) in [5.74, 6) is 0. The molecule has 0 fully saturated rings. The third-order valence-corrected chi connectivity index (χ3v) is 3.12. The van der Waals surface area contributed by atoms with Crippen LogP contribution < -0.4 is 0 Å². The van der Waals surface area contributed by atoms with Crippen LogP contribution in [-0.4, -0.2) is 4.98 Å². The van der Waals surface area contributed by atoms with Crippen molar-refractivity contribution in [2.45, 2.75) is 13.8 Å². The standard InChI is InChI=1S/C12H10N2S/c1-8-3-4-9(2)11(5-8)12-14-10(6-13)7-15-12/h3-5,7H,1-2H3. The molecule has 0 atom stereocenters. The molecule has 0 aliphatic carbocycles. The van der Waals surface area contributed by atoms with Crippen molar-refractivity contribution in [1.82, 2.24) is 4.98 Å². The third-order valence-electron chi connectivity index (χ3n) is 2.24. The van der Waals surface area contributed by atoms with Crippen LogP contribution in [0, 0.1) is 25.2 Å². The van der Waals surface area contributed by atoms with Gasteiger partial charge in [-0.05, 0) is 25.5 Å².